The molecule has 4 nitrogen and oxygen atoms in total. The molecule has 25 heavy (non-hydrogen) atoms. The van der Waals surface area contributed by atoms with Crippen LogP contribution in [-0.2, 0) is 14.3 Å². The molecule has 4 heteroatoms. The first-order valence-corrected chi connectivity index (χ1v) is 10.5. The minimum atomic E-state index is -0.290. The van der Waals surface area contributed by atoms with Crippen LogP contribution in [0, 0.1) is 34.5 Å². The second kappa shape index (κ2) is 5.45. The molecule has 2 heterocycles. The van der Waals surface area contributed by atoms with E-state index in [1.807, 2.05) is 0 Å². The lowest BCUT2D eigenvalue weighted by Crippen LogP contribution is -2.56. The monoisotopic (exact) mass is 347 g/mol. The summed E-state index contributed by atoms with van der Waals surface area (Å²) in [6.07, 6.45) is 9.25. The Morgan fingerprint density at radius 3 is 2.52 bits per heavy atom. The minimum Gasteiger partial charge on any atom is -0.356 e. The van der Waals surface area contributed by atoms with Crippen molar-refractivity contribution in [2.24, 2.45) is 34.5 Å². The van der Waals surface area contributed by atoms with Gasteiger partial charge in [-0.2, -0.15) is 0 Å². The molecule has 3 aliphatic carbocycles. The number of carbonyl (C=O) groups excluding carboxylic acids is 1. The Bertz CT molecular complexity index is 571. The van der Waals surface area contributed by atoms with Gasteiger partial charge in [-0.05, 0) is 67.6 Å². The zero-order valence-corrected chi connectivity index (χ0v) is 15.8. The van der Waals surface area contributed by atoms with Crippen molar-refractivity contribution in [2.75, 3.05) is 19.8 Å². The summed E-state index contributed by atoms with van der Waals surface area (Å²) in [7, 11) is 0. The second-order valence-corrected chi connectivity index (χ2v) is 9.91. The highest BCUT2D eigenvalue weighted by molar-refractivity contribution is 5.76. The van der Waals surface area contributed by atoms with Crippen molar-refractivity contribution >= 4 is 5.91 Å². The predicted octanol–water partition coefficient (Wildman–Crippen LogP) is 3.50. The quantitative estimate of drug-likeness (QED) is 0.729. The van der Waals surface area contributed by atoms with Crippen LogP contribution in [0.2, 0.25) is 0 Å². The van der Waals surface area contributed by atoms with E-state index in [-0.39, 0.29) is 17.1 Å². The molecule has 1 amide bonds. The molecular formula is C21H33NO3. The van der Waals surface area contributed by atoms with Crippen LogP contribution in [0.15, 0.2) is 0 Å². The Morgan fingerprint density at radius 2 is 1.72 bits per heavy atom. The van der Waals surface area contributed by atoms with Crippen LogP contribution in [0.5, 0.6) is 0 Å². The third-order valence-electron chi connectivity index (χ3n) is 9.30. The first kappa shape index (κ1) is 16.6. The first-order chi connectivity index (χ1) is 12.0. The van der Waals surface area contributed by atoms with Gasteiger partial charge in [0.25, 0.3) is 0 Å². The Morgan fingerprint density at radius 1 is 0.960 bits per heavy atom. The van der Waals surface area contributed by atoms with Gasteiger partial charge in [0.2, 0.25) is 5.91 Å². The smallest absolute Gasteiger partial charge is 0.220 e. The predicted molar refractivity (Wildman–Crippen MR) is 94.8 cm³/mol. The molecule has 5 fully saturated rings. The molecule has 140 valence electrons. The van der Waals surface area contributed by atoms with Gasteiger partial charge in [0.1, 0.15) is 0 Å². The van der Waals surface area contributed by atoms with E-state index >= 15 is 0 Å². The molecule has 0 aromatic carbocycles. The number of fused-ring (bicyclic) bond motifs is 6. The van der Waals surface area contributed by atoms with Crippen LogP contribution in [0.1, 0.15) is 65.2 Å². The Kier molecular flexibility index (Phi) is 3.61. The molecular weight excluding hydrogens is 314 g/mol. The lowest BCUT2D eigenvalue weighted by atomic mass is 9.46. The highest BCUT2D eigenvalue weighted by Gasteiger charge is 2.67. The van der Waals surface area contributed by atoms with Gasteiger partial charge >= 0.3 is 0 Å². The SMILES string of the molecule is C[C@]12CCC(=O)NC[C@@H]1CC[C@@H]1[C@@H]2CC[C@@]2(C)[C@H]1CCC21OCCO1. The van der Waals surface area contributed by atoms with E-state index in [9.17, 15) is 4.79 Å². The Hall–Kier alpha value is -0.610. The van der Waals surface area contributed by atoms with E-state index < -0.39 is 0 Å². The number of hydrogen-bond acceptors (Lipinski definition) is 3. The van der Waals surface area contributed by atoms with E-state index in [2.05, 4.69) is 19.2 Å². The van der Waals surface area contributed by atoms with Gasteiger partial charge in [-0.3, -0.25) is 4.79 Å². The van der Waals surface area contributed by atoms with E-state index in [0.717, 1.165) is 50.4 Å². The van der Waals surface area contributed by atoms with Crippen molar-refractivity contribution in [3.05, 3.63) is 0 Å². The van der Waals surface area contributed by atoms with Crippen LogP contribution in [-0.4, -0.2) is 31.5 Å². The normalized spacial score (nSPS) is 51.4. The van der Waals surface area contributed by atoms with Crippen LogP contribution >= 0.6 is 0 Å². The molecule has 0 aromatic heterocycles. The summed E-state index contributed by atoms with van der Waals surface area (Å²) in [6.45, 7) is 7.40. The van der Waals surface area contributed by atoms with Crippen LogP contribution in [0.25, 0.3) is 0 Å². The third-order valence-corrected chi connectivity index (χ3v) is 9.30. The van der Waals surface area contributed by atoms with Gasteiger partial charge in [0, 0.05) is 24.8 Å². The molecule has 5 rings (SSSR count). The van der Waals surface area contributed by atoms with Crippen molar-refractivity contribution in [1.82, 2.24) is 5.32 Å². The zero-order chi connectivity index (χ0) is 17.3. The van der Waals surface area contributed by atoms with Crippen molar-refractivity contribution < 1.29 is 14.3 Å². The Labute approximate surface area is 151 Å². The maximum atomic E-state index is 12.0. The largest absolute Gasteiger partial charge is 0.356 e. The Balaban J connectivity index is 1.46. The fourth-order valence-corrected chi connectivity index (χ4v) is 7.85. The molecule has 3 saturated carbocycles. The average molecular weight is 347 g/mol. The van der Waals surface area contributed by atoms with Gasteiger partial charge in [0.15, 0.2) is 5.79 Å². The van der Waals surface area contributed by atoms with E-state index in [4.69, 9.17) is 9.47 Å². The lowest BCUT2D eigenvalue weighted by molar-refractivity contribution is -0.246. The maximum Gasteiger partial charge on any atom is 0.220 e. The van der Waals surface area contributed by atoms with Gasteiger partial charge in [-0.1, -0.05) is 13.8 Å². The number of hydrogen-bond donors (Lipinski definition) is 1. The van der Waals surface area contributed by atoms with Gasteiger partial charge in [-0.25, -0.2) is 0 Å². The van der Waals surface area contributed by atoms with Gasteiger partial charge in [0.05, 0.1) is 13.2 Å². The maximum absolute atomic E-state index is 12.0. The molecule has 0 radical (unpaired) electrons. The van der Waals surface area contributed by atoms with Crippen molar-refractivity contribution in [3.63, 3.8) is 0 Å². The van der Waals surface area contributed by atoms with Crippen molar-refractivity contribution in [3.8, 4) is 0 Å². The topological polar surface area (TPSA) is 47.6 Å². The summed E-state index contributed by atoms with van der Waals surface area (Å²) >= 11 is 0. The van der Waals surface area contributed by atoms with Crippen LogP contribution < -0.4 is 5.32 Å². The fourth-order valence-electron chi connectivity index (χ4n) is 7.85. The standard InChI is InChI=1S/C21H33NO3/c1-19-8-7-18(23)22-13-14(19)3-4-15-16(19)5-9-20(2)17(15)6-10-21(20)24-11-12-25-21/h14-17H,3-13H2,1-2H3,(H,22,23)/t14-,15+,16-,17-,19-,20-/m0/s1. The molecule has 1 spiro atoms. The highest BCUT2D eigenvalue weighted by atomic mass is 16.7. The number of amides is 1. The lowest BCUT2D eigenvalue weighted by Gasteiger charge is -2.59. The van der Waals surface area contributed by atoms with E-state index in [1.165, 1.54) is 32.1 Å². The van der Waals surface area contributed by atoms with E-state index in [1.54, 1.807) is 0 Å². The summed E-state index contributed by atoms with van der Waals surface area (Å²) < 4.78 is 12.5. The van der Waals surface area contributed by atoms with Gasteiger partial charge < -0.3 is 14.8 Å². The molecule has 0 bridgehead atoms. The average Bonchev–Trinajstić information content (AvgIpc) is 3.15. The summed E-state index contributed by atoms with van der Waals surface area (Å²) in [6, 6.07) is 0. The zero-order valence-electron chi connectivity index (χ0n) is 15.8. The summed E-state index contributed by atoms with van der Waals surface area (Å²) in [5.41, 5.74) is 0.517. The van der Waals surface area contributed by atoms with Gasteiger partial charge in [-0.15, -0.1) is 0 Å². The number of rotatable bonds is 0. The van der Waals surface area contributed by atoms with Crippen molar-refractivity contribution in [1.29, 1.82) is 0 Å². The summed E-state index contributed by atoms with van der Waals surface area (Å²) in [4.78, 5) is 12.0. The molecule has 0 aromatic rings. The number of ether oxygens (including phenoxy) is 2. The first-order valence-electron chi connectivity index (χ1n) is 10.5. The van der Waals surface area contributed by atoms with Crippen LogP contribution in [0.4, 0.5) is 0 Å². The second-order valence-electron chi connectivity index (χ2n) is 9.91. The fraction of sp³-hybridized carbons (Fsp3) is 0.952. The number of carbonyl (C=O) groups is 1. The third kappa shape index (κ3) is 2.10. The molecule has 5 aliphatic rings. The van der Waals surface area contributed by atoms with E-state index in [0.29, 0.717) is 17.8 Å². The highest BCUT2D eigenvalue weighted by Crippen LogP contribution is 2.68. The van der Waals surface area contributed by atoms with Crippen LogP contribution in [0.3, 0.4) is 0 Å². The minimum absolute atomic E-state index is 0.187. The molecule has 2 saturated heterocycles. The summed E-state index contributed by atoms with van der Waals surface area (Å²) in [5, 5.41) is 3.18. The molecule has 6 atom stereocenters. The van der Waals surface area contributed by atoms with Crippen molar-refractivity contribution in [2.45, 2.75) is 71.0 Å². The molecule has 1 N–H and O–H groups in total. The molecule has 0 unspecified atom stereocenters. The number of nitrogens with one attached hydrogen (secondary N) is 1. The molecule has 2 aliphatic heterocycles. The summed E-state index contributed by atoms with van der Waals surface area (Å²) in [5.74, 6) is 2.93.